The number of aryl methyl sites for hydroxylation is 1. The highest BCUT2D eigenvalue weighted by atomic mass is 35.5. The Labute approximate surface area is 174 Å². The summed E-state index contributed by atoms with van der Waals surface area (Å²) in [6.45, 7) is 0. The molecule has 146 valence electrons. The van der Waals surface area contributed by atoms with Crippen molar-refractivity contribution in [2.45, 2.75) is 0 Å². The first kappa shape index (κ1) is 18.9. The van der Waals surface area contributed by atoms with Gasteiger partial charge in [-0.1, -0.05) is 11.6 Å². The van der Waals surface area contributed by atoms with Crippen LogP contribution in [0.25, 0.3) is 16.1 Å². The Morgan fingerprint density at radius 3 is 2.62 bits per heavy atom. The Morgan fingerprint density at radius 1 is 1.21 bits per heavy atom. The molecule has 10 heteroatoms. The van der Waals surface area contributed by atoms with Crippen molar-refractivity contribution in [2.24, 2.45) is 7.05 Å². The zero-order valence-corrected chi connectivity index (χ0v) is 16.6. The van der Waals surface area contributed by atoms with E-state index in [9.17, 15) is 14.7 Å². The number of carboxylic acid groups (broad SMARTS) is 1. The molecular weight excluding hydrogens is 414 g/mol. The maximum Gasteiger partial charge on any atom is 0.339 e. The highest BCUT2D eigenvalue weighted by Crippen LogP contribution is 2.36. The largest absolute Gasteiger partial charge is 0.478 e. The van der Waals surface area contributed by atoms with Crippen LogP contribution >= 0.6 is 22.9 Å². The molecule has 0 aliphatic carbocycles. The number of amides is 1. The van der Waals surface area contributed by atoms with E-state index in [0.717, 1.165) is 5.69 Å². The van der Waals surface area contributed by atoms with Crippen LogP contribution in [0.5, 0.6) is 0 Å². The number of hydrogen-bond donors (Lipinski definition) is 2. The van der Waals surface area contributed by atoms with E-state index in [1.165, 1.54) is 17.7 Å². The summed E-state index contributed by atoms with van der Waals surface area (Å²) in [4.78, 5) is 28.7. The van der Waals surface area contributed by atoms with E-state index in [0.29, 0.717) is 15.5 Å². The fraction of sp³-hybridized carbons (Fsp3) is 0.0526. The van der Waals surface area contributed by atoms with Crippen LogP contribution in [0.3, 0.4) is 0 Å². The molecule has 0 saturated carbocycles. The van der Waals surface area contributed by atoms with Gasteiger partial charge in [-0.15, -0.1) is 11.3 Å². The summed E-state index contributed by atoms with van der Waals surface area (Å²) in [5, 5.41) is 18.9. The number of hydrogen-bond acceptors (Lipinski definition) is 5. The monoisotopic (exact) mass is 427 g/mol. The zero-order valence-electron chi connectivity index (χ0n) is 15.0. The molecule has 8 nitrogen and oxygen atoms in total. The number of thiophene rings is 1. The van der Waals surface area contributed by atoms with Crippen molar-refractivity contribution in [3.05, 3.63) is 70.8 Å². The van der Waals surface area contributed by atoms with Crippen molar-refractivity contribution in [1.82, 2.24) is 19.3 Å². The number of nitrogens with one attached hydrogen (secondary N) is 1. The Kier molecular flexibility index (Phi) is 4.91. The summed E-state index contributed by atoms with van der Waals surface area (Å²) in [6.07, 6.45) is 6.36. The van der Waals surface area contributed by atoms with E-state index in [1.807, 2.05) is 12.1 Å². The number of halogens is 1. The van der Waals surface area contributed by atoms with Crippen molar-refractivity contribution in [2.75, 3.05) is 5.32 Å². The highest BCUT2D eigenvalue weighted by molar-refractivity contribution is 7.14. The molecule has 1 amide bonds. The molecule has 29 heavy (non-hydrogen) atoms. The van der Waals surface area contributed by atoms with Gasteiger partial charge in [0.15, 0.2) is 0 Å². The highest BCUT2D eigenvalue weighted by Gasteiger charge is 2.23. The maximum atomic E-state index is 12.4. The molecule has 0 atom stereocenters. The van der Waals surface area contributed by atoms with Crippen LogP contribution in [0, 0.1) is 0 Å². The maximum absolute atomic E-state index is 12.4. The first-order valence-electron chi connectivity index (χ1n) is 8.37. The van der Waals surface area contributed by atoms with Gasteiger partial charge in [0, 0.05) is 35.4 Å². The quantitative estimate of drug-likeness (QED) is 0.502. The smallest absolute Gasteiger partial charge is 0.339 e. The van der Waals surface area contributed by atoms with Crippen LogP contribution in [0.4, 0.5) is 5.69 Å². The number of rotatable bonds is 5. The minimum Gasteiger partial charge on any atom is -0.478 e. The summed E-state index contributed by atoms with van der Waals surface area (Å²) < 4.78 is 3.26. The number of carbonyl (C=O) groups is 2. The second-order valence-corrected chi connectivity index (χ2v) is 7.50. The molecule has 0 fully saturated rings. The third kappa shape index (κ3) is 3.78. The van der Waals surface area contributed by atoms with Crippen molar-refractivity contribution in [1.29, 1.82) is 0 Å². The van der Waals surface area contributed by atoms with Crippen molar-refractivity contribution in [3.63, 3.8) is 0 Å². The predicted molar refractivity (Wildman–Crippen MR) is 110 cm³/mol. The van der Waals surface area contributed by atoms with Crippen molar-refractivity contribution < 1.29 is 14.7 Å². The Hall–Kier alpha value is -3.43. The van der Waals surface area contributed by atoms with Gasteiger partial charge in [0.1, 0.15) is 11.3 Å². The topological polar surface area (TPSA) is 102 Å². The molecule has 4 rings (SSSR count). The minimum atomic E-state index is -1.14. The molecule has 0 radical (unpaired) electrons. The molecule has 3 aromatic heterocycles. The SMILES string of the molecule is Cn1cnc(C(=O)Nc2csc(-c3cnn(-c4ccc(Cl)cc4)c3)c2C(=O)O)c1. The number of carbonyl (C=O) groups excluding carboxylic acids is 1. The summed E-state index contributed by atoms with van der Waals surface area (Å²) in [6, 6.07) is 7.11. The molecule has 2 N–H and O–H groups in total. The Bertz CT molecular complexity index is 1210. The molecule has 0 bridgehead atoms. The summed E-state index contributed by atoms with van der Waals surface area (Å²) in [5.74, 6) is -1.62. The van der Waals surface area contributed by atoms with Gasteiger partial charge < -0.3 is 15.0 Å². The summed E-state index contributed by atoms with van der Waals surface area (Å²) in [5.41, 5.74) is 1.84. The molecule has 0 aliphatic rings. The van der Waals surface area contributed by atoms with E-state index in [1.54, 1.807) is 52.4 Å². The fourth-order valence-electron chi connectivity index (χ4n) is 2.77. The van der Waals surface area contributed by atoms with Gasteiger partial charge in [-0.2, -0.15) is 5.10 Å². The number of nitrogens with zero attached hydrogens (tertiary/aromatic N) is 4. The van der Waals surface area contributed by atoms with Crippen LogP contribution in [-0.4, -0.2) is 36.3 Å². The minimum absolute atomic E-state index is 0.00920. The van der Waals surface area contributed by atoms with Gasteiger partial charge in [0.2, 0.25) is 0 Å². The number of aromatic nitrogens is 4. The third-order valence-corrected chi connectivity index (χ3v) is 5.41. The van der Waals surface area contributed by atoms with E-state index >= 15 is 0 Å². The molecule has 0 spiro atoms. The number of anilines is 1. The van der Waals surface area contributed by atoms with Gasteiger partial charge in [0.25, 0.3) is 5.91 Å². The standard InChI is InChI=1S/C19H14ClN5O3S/c1-24-8-14(21-10-24)18(26)23-15-9-29-17(16(15)19(27)28)11-6-22-25(7-11)13-4-2-12(20)3-5-13/h2-10H,1H3,(H,23,26)(H,27,28). The van der Waals surface area contributed by atoms with Gasteiger partial charge >= 0.3 is 5.97 Å². The average molecular weight is 428 g/mol. The van der Waals surface area contributed by atoms with Gasteiger partial charge in [-0.05, 0) is 24.3 Å². The lowest BCUT2D eigenvalue weighted by Crippen LogP contribution is -2.14. The molecule has 1 aromatic carbocycles. The lowest BCUT2D eigenvalue weighted by atomic mass is 10.1. The summed E-state index contributed by atoms with van der Waals surface area (Å²) >= 11 is 7.13. The lowest BCUT2D eigenvalue weighted by molar-refractivity contribution is 0.0699. The average Bonchev–Trinajstić information content (AvgIpc) is 3.41. The van der Waals surface area contributed by atoms with Gasteiger partial charge in [-0.3, -0.25) is 4.79 Å². The van der Waals surface area contributed by atoms with E-state index in [-0.39, 0.29) is 16.9 Å². The number of imidazole rings is 1. The Morgan fingerprint density at radius 2 is 1.97 bits per heavy atom. The predicted octanol–water partition coefficient (Wildman–Crippen LogP) is 3.94. The molecule has 0 aliphatic heterocycles. The molecule has 4 aromatic rings. The van der Waals surface area contributed by atoms with E-state index in [2.05, 4.69) is 15.4 Å². The van der Waals surface area contributed by atoms with Crippen molar-refractivity contribution >= 4 is 40.5 Å². The van der Waals surface area contributed by atoms with Crippen molar-refractivity contribution in [3.8, 4) is 16.1 Å². The zero-order chi connectivity index (χ0) is 20.5. The number of benzene rings is 1. The van der Waals surface area contributed by atoms with Gasteiger partial charge in [-0.25, -0.2) is 14.5 Å². The normalized spacial score (nSPS) is 10.8. The van der Waals surface area contributed by atoms with Crippen LogP contribution in [-0.2, 0) is 7.05 Å². The van der Waals surface area contributed by atoms with Crippen LogP contribution < -0.4 is 5.32 Å². The molecule has 0 unspecified atom stereocenters. The Balaban J connectivity index is 1.66. The molecule has 0 saturated heterocycles. The lowest BCUT2D eigenvalue weighted by Gasteiger charge is -2.04. The first-order chi connectivity index (χ1) is 13.9. The van der Waals surface area contributed by atoms with E-state index < -0.39 is 11.9 Å². The molecule has 3 heterocycles. The van der Waals surface area contributed by atoms with Crippen LogP contribution in [0.2, 0.25) is 5.02 Å². The second kappa shape index (κ2) is 7.53. The van der Waals surface area contributed by atoms with E-state index in [4.69, 9.17) is 11.6 Å². The first-order valence-corrected chi connectivity index (χ1v) is 9.63. The summed E-state index contributed by atoms with van der Waals surface area (Å²) in [7, 11) is 1.74. The molecular formula is C19H14ClN5O3S. The van der Waals surface area contributed by atoms with Crippen LogP contribution in [0.1, 0.15) is 20.8 Å². The third-order valence-electron chi connectivity index (χ3n) is 4.13. The van der Waals surface area contributed by atoms with Gasteiger partial charge in [0.05, 0.1) is 28.8 Å². The fourth-order valence-corrected chi connectivity index (χ4v) is 3.86. The number of carboxylic acids is 1. The van der Waals surface area contributed by atoms with Crippen LogP contribution in [0.15, 0.2) is 54.6 Å². The number of aromatic carboxylic acids is 1. The second-order valence-electron chi connectivity index (χ2n) is 6.19.